The lowest BCUT2D eigenvalue weighted by atomic mass is 9.92. The maximum absolute atomic E-state index is 5.45. The van der Waals surface area contributed by atoms with Crippen LogP contribution in [0.3, 0.4) is 0 Å². The zero-order valence-corrected chi connectivity index (χ0v) is 19.8. The summed E-state index contributed by atoms with van der Waals surface area (Å²) in [6.07, 6.45) is 0. The molecule has 1 heterocycles. The fourth-order valence-electron chi connectivity index (χ4n) is 4.69. The molecule has 5 aromatic carbocycles. The van der Waals surface area contributed by atoms with Gasteiger partial charge in [-0.3, -0.25) is 0 Å². The van der Waals surface area contributed by atoms with E-state index in [4.69, 9.17) is 14.5 Å². The van der Waals surface area contributed by atoms with E-state index in [1.807, 2.05) is 12.1 Å². The van der Waals surface area contributed by atoms with Crippen LogP contribution in [0.25, 0.3) is 54.5 Å². The van der Waals surface area contributed by atoms with Crippen molar-refractivity contribution in [2.45, 2.75) is 0 Å². The number of halogens is 1. The van der Waals surface area contributed by atoms with E-state index in [0.29, 0.717) is 0 Å². The Hall–Kier alpha value is -3.63. The van der Waals surface area contributed by atoms with Crippen molar-refractivity contribution in [3.05, 3.63) is 89.4 Å². The maximum atomic E-state index is 5.45. The van der Waals surface area contributed by atoms with E-state index in [0.717, 1.165) is 64.9 Å². The maximum Gasteiger partial charge on any atom is 0.119 e. The zero-order valence-electron chi connectivity index (χ0n) is 18.2. The van der Waals surface area contributed by atoms with Gasteiger partial charge in [0.15, 0.2) is 0 Å². The van der Waals surface area contributed by atoms with Crippen molar-refractivity contribution in [1.29, 1.82) is 0 Å². The summed E-state index contributed by atoms with van der Waals surface area (Å²) in [5.74, 6) is 1.68. The number of hydrogen-bond donors (Lipinski definition) is 0. The Balaban J connectivity index is 1.82. The van der Waals surface area contributed by atoms with Crippen molar-refractivity contribution in [3.8, 4) is 22.6 Å². The number of benzene rings is 5. The third-order valence-electron chi connectivity index (χ3n) is 6.27. The van der Waals surface area contributed by atoms with Gasteiger partial charge in [-0.25, -0.2) is 4.98 Å². The van der Waals surface area contributed by atoms with E-state index in [1.54, 1.807) is 14.2 Å². The van der Waals surface area contributed by atoms with E-state index in [1.165, 1.54) is 5.56 Å². The van der Waals surface area contributed by atoms with Gasteiger partial charge in [0.2, 0.25) is 0 Å². The largest absolute Gasteiger partial charge is 0.497 e. The molecule has 6 aromatic rings. The third kappa shape index (κ3) is 3.21. The summed E-state index contributed by atoms with van der Waals surface area (Å²) in [6.45, 7) is 0. The molecule has 0 N–H and O–H groups in total. The first-order valence-electron chi connectivity index (χ1n) is 10.7. The quantitative estimate of drug-likeness (QED) is 0.184. The summed E-state index contributed by atoms with van der Waals surface area (Å²) in [5, 5.41) is 6.69. The highest BCUT2D eigenvalue weighted by Crippen LogP contribution is 2.41. The molecule has 0 saturated heterocycles. The minimum atomic E-state index is 0.840. The Labute approximate surface area is 199 Å². The molecule has 0 saturated carbocycles. The Morgan fingerprint density at radius 1 is 0.606 bits per heavy atom. The van der Waals surface area contributed by atoms with Gasteiger partial charge >= 0.3 is 0 Å². The predicted octanol–water partition coefficient (Wildman–Crippen LogP) is 8.14. The molecule has 0 atom stereocenters. The Morgan fingerprint density at radius 2 is 1.15 bits per heavy atom. The minimum absolute atomic E-state index is 0.840. The Kier molecular flexibility index (Phi) is 4.70. The smallest absolute Gasteiger partial charge is 0.119 e. The van der Waals surface area contributed by atoms with Crippen LogP contribution in [0, 0.1) is 0 Å². The summed E-state index contributed by atoms with van der Waals surface area (Å²) < 4.78 is 12.0. The van der Waals surface area contributed by atoms with Crippen LogP contribution in [0.15, 0.2) is 89.4 Å². The molecule has 3 nitrogen and oxygen atoms in total. The molecule has 4 heteroatoms. The summed E-state index contributed by atoms with van der Waals surface area (Å²) >= 11 is 3.66. The van der Waals surface area contributed by atoms with Crippen molar-refractivity contribution in [2.75, 3.05) is 14.2 Å². The highest BCUT2D eigenvalue weighted by molar-refractivity contribution is 9.10. The number of aromatic nitrogens is 1. The molecule has 6 rings (SSSR count). The third-order valence-corrected chi connectivity index (χ3v) is 6.77. The van der Waals surface area contributed by atoms with Crippen molar-refractivity contribution < 1.29 is 9.47 Å². The highest BCUT2D eigenvalue weighted by atomic mass is 79.9. The minimum Gasteiger partial charge on any atom is -0.497 e. The van der Waals surface area contributed by atoms with Crippen LogP contribution < -0.4 is 9.47 Å². The average Bonchev–Trinajstić information content (AvgIpc) is 2.86. The van der Waals surface area contributed by atoms with Crippen LogP contribution in [-0.4, -0.2) is 19.2 Å². The molecule has 0 aliphatic carbocycles. The van der Waals surface area contributed by atoms with Gasteiger partial charge in [0.1, 0.15) is 11.5 Å². The lowest BCUT2D eigenvalue weighted by Gasteiger charge is -2.15. The molecule has 160 valence electrons. The molecule has 0 fully saturated rings. The highest BCUT2D eigenvalue weighted by Gasteiger charge is 2.16. The first-order valence-corrected chi connectivity index (χ1v) is 11.5. The standard InChI is InChI=1S/C29H20BrNO2/c1-32-21-8-12-23-17(15-21)6-10-25-27(19-4-3-5-20(30)14-19)26-11-7-18-16-22(33-2)9-13-24(18)29(26)31-28(23)25/h3-16H,1-2H3. The van der Waals surface area contributed by atoms with Crippen LogP contribution in [0.4, 0.5) is 0 Å². The van der Waals surface area contributed by atoms with Gasteiger partial charge in [-0.15, -0.1) is 0 Å². The molecule has 0 unspecified atom stereocenters. The molecule has 0 aliphatic rings. The predicted molar refractivity (Wildman–Crippen MR) is 141 cm³/mol. The fraction of sp³-hybridized carbons (Fsp3) is 0.0690. The van der Waals surface area contributed by atoms with Crippen LogP contribution in [-0.2, 0) is 0 Å². The van der Waals surface area contributed by atoms with Crippen LogP contribution in [0.5, 0.6) is 11.5 Å². The van der Waals surface area contributed by atoms with Gasteiger partial charge in [-0.1, -0.05) is 52.3 Å². The monoisotopic (exact) mass is 493 g/mol. The number of nitrogens with zero attached hydrogens (tertiary/aromatic N) is 1. The first-order chi connectivity index (χ1) is 16.2. The molecule has 0 bridgehead atoms. The number of rotatable bonds is 3. The SMILES string of the molecule is COc1ccc2c(ccc3c(-c4cccc(Br)c4)c4ccc5cc(OC)ccc5c4nc32)c1. The zero-order chi connectivity index (χ0) is 22.5. The lowest BCUT2D eigenvalue weighted by Crippen LogP contribution is -1.93. The van der Waals surface area contributed by atoms with E-state index in [2.05, 4.69) is 88.7 Å². The van der Waals surface area contributed by atoms with Gasteiger partial charge in [0, 0.05) is 31.6 Å². The number of fused-ring (bicyclic) bond motifs is 6. The average molecular weight is 494 g/mol. The van der Waals surface area contributed by atoms with Gasteiger partial charge in [-0.2, -0.15) is 0 Å². The summed E-state index contributed by atoms with van der Waals surface area (Å²) in [5.41, 5.74) is 4.32. The van der Waals surface area contributed by atoms with E-state index < -0.39 is 0 Å². The van der Waals surface area contributed by atoms with E-state index in [-0.39, 0.29) is 0 Å². The van der Waals surface area contributed by atoms with Gasteiger partial charge in [0.25, 0.3) is 0 Å². The second kappa shape index (κ2) is 7.75. The normalized spacial score (nSPS) is 11.5. The fourth-order valence-corrected chi connectivity index (χ4v) is 5.09. The molecule has 0 radical (unpaired) electrons. The molecule has 33 heavy (non-hydrogen) atoms. The van der Waals surface area contributed by atoms with Gasteiger partial charge in [-0.05, 0) is 64.9 Å². The van der Waals surface area contributed by atoms with Gasteiger partial charge in [0.05, 0.1) is 25.3 Å². The molecule has 1 aromatic heterocycles. The van der Waals surface area contributed by atoms with Crippen molar-refractivity contribution >= 4 is 59.3 Å². The topological polar surface area (TPSA) is 31.4 Å². The Bertz CT molecular complexity index is 1610. The molecular formula is C29H20BrNO2. The second-order valence-corrected chi connectivity index (χ2v) is 9.01. The molecule has 0 aliphatic heterocycles. The molecule has 0 amide bonds. The van der Waals surface area contributed by atoms with Crippen LogP contribution >= 0.6 is 15.9 Å². The second-order valence-electron chi connectivity index (χ2n) is 8.09. The number of ether oxygens (including phenoxy) is 2. The van der Waals surface area contributed by atoms with Gasteiger partial charge < -0.3 is 9.47 Å². The summed E-state index contributed by atoms with van der Waals surface area (Å²) in [7, 11) is 3.39. The van der Waals surface area contributed by atoms with Crippen LogP contribution in [0.1, 0.15) is 0 Å². The Morgan fingerprint density at radius 3 is 1.67 bits per heavy atom. The van der Waals surface area contributed by atoms with Crippen molar-refractivity contribution in [1.82, 2.24) is 4.98 Å². The number of pyridine rings is 1. The molecular weight excluding hydrogens is 474 g/mol. The molecule has 0 spiro atoms. The van der Waals surface area contributed by atoms with E-state index in [9.17, 15) is 0 Å². The number of methoxy groups -OCH3 is 2. The lowest BCUT2D eigenvalue weighted by molar-refractivity contribution is 0.415. The van der Waals surface area contributed by atoms with Crippen molar-refractivity contribution in [2.24, 2.45) is 0 Å². The summed E-state index contributed by atoms with van der Waals surface area (Å²) in [4.78, 5) is 5.26. The first kappa shape index (κ1) is 20.0. The van der Waals surface area contributed by atoms with E-state index >= 15 is 0 Å². The van der Waals surface area contributed by atoms with Crippen LogP contribution in [0.2, 0.25) is 0 Å². The summed E-state index contributed by atoms with van der Waals surface area (Å²) in [6, 6.07) is 29.5. The number of hydrogen-bond acceptors (Lipinski definition) is 3. The van der Waals surface area contributed by atoms with Crippen molar-refractivity contribution in [3.63, 3.8) is 0 Å².